The Morgan fingerprint density at radius 2 is 1.75 bits per heavy atom. The lowest BCUT2D eigenvalue weighted by atomic mass is 10.3. The van der Waals surface area contributed by atoms with E-state index in [1.165, 1.54) is 0 Å². The second kappa shape index (κ2) is 5.22. The van der Waals surface area contributed by atoms with Gasteiger partial charge in [-0.25, -0.2) is 8.78 Å². The number of azide groups is 1. The number of rotatable bonds is 4. The highest BCUT2D eigenvalue weighted by atomic mass is 19.2. The summed E-state index contributed by atoms with van der Waals surface area (Å²) in [4.78, 5) is 2.36. The molecule has 1 aromatic rings. The van der Waals surface area contributed by atoms with Crippen LogP contribution in [0.25, 0.3) is 10.4 Å². The Hall–Kier alpha value is -1.95. The van der Waals surface area contributed by atoms with Crippen LogP contribution in [0.3, 0.4) is 0 Å². The van der Waals surface area contributed by atoms with Gasteiger partial charge in [-0.15, -0.1) is 0 Å². The Morgan fingerprint density at radius 1 is 1.19 bits per heavy atom. The zero-order chi connectivity index (χ0) is 12.1. The molecular formula is C8H5F4N3O. The molecule has 0 aromatic heterocycles. The van der Waals surface area contributed by atoms with Crippen LogP contribution in [-0.4, -0.2) is 13.2 Å². The average molecular weight is 235 g/mol. The molecule has 1 rings (SSSR count). The van der Waals surface area contributed by atoms with Gasteiger partial charge in [0.15, 0.2) is 17.4 Å². The zero-order valence-corrected chi connectivity index (χ0v) is 7.75. The summed E-state index contributed by atoms with van der Waals surface area (Å²) in [5.74, 6) is -7.53. The SMILES string of the molecule is [N-]=[N+]=NCCOc1c(F)c(F)cc(F)c1F. The van der Waals surface area contributed by atoms with Gasteiger partial charge in [0, 0.05) is 11.0 Å². The van der Waals surface area contributed by atoms with E-state index in [0.717, 1.165) is 0 Å². The van der Waals surface area contributed by atoms with Gasteiger partial charge in [-0.05, 0) is 5.53 Å². The van der Waals surface area contributed by atoms with Crippen molar-refractivity contribution >= 4 is 0 Å². The summed E-state index contributed by atoms with van der Waals surface area (Å²) in [5, 5.41) is 3.01. The van der Waals surface area contributed by atoms with Crippen LogP contribution in [0.4, 0.5) is 17.6 Å². The van der Waals surface area contributed by atoms with Gasteiger partial charge in [-0.1, -0.05) is 5.11 Å². The first-order valence-corrected chi connectivity index (χ1v) is 4.04. The summed E-state index contributed by atoms with van der Waals surface area (Å²) in [6.45, 7) is -0.603. The molecule has 0 aliphatic carbocycles. The Morgan fingerprint density at radius 3 is 2.25 bits per heavy atom. The third-order valence-corrected chi connectivity index (χ3v) is 1.57. The number of hydrogen-bond acceptors (Lipinski definition) is 2. The number of ether oxygens (including phenoxy) is 1. The Labute approximate surface area is 87.1 Å². The maximum absolute atomic E-state index is 12.9. The molecule has 0 unspecified atom stereocenters. The van der Waals surface area contributed by atoms with E-state index in [1.54, 1.807) is 0 Å². The fourth-order valence-corrected chi connectivity index (χ4v) is 0.911. The van der Waals surface area contributed by atoms with Crippen molar-refractivity contribution in [2.24, 2.45) is 5.11 Å². The molecule has 0 aliphatic rings. The van der Waals surface area contributed by atoms with Crippen LogP contribution >= 0.6 is 0 Å². The van der Waals surface area contributed by atoms with Gasteiger partial charge < -0.3 is 4.74 Å². The van der Waals surface area contributed by atoms with Crippen LogP contribution in [0, 0.1) is 23.3 Å². The molecule has 0 radical (unpaired) electrons. The largest absolute Gasteiger partial charge is 0.487 e. The van der Waals surface area contributed by atoms with Crippen LogP contribution in [0.5, 0.6) is 5.75 Å². The molecule has 4 nitrogen and oxygen atoms in total. The van der Waals surface area contributed by atoms with Crippen molar-refractivity contribution in [1.82, 2.24) is 0 Å². The standard InChI is InChI=1S/C8H5F4N3O/c9-4-3-5(10)7(12)8(6(4)11)16-2-1-14-15-13/h3H,1-2H2. The lowest BCUT2D eigenvalue weighted by Crippen LogP contribution is -2.06. The van der Waals surface area contributed by atoms with Crippen LogP contribution in [0.15, 0.2) is 11.2 Å². The number of hydrogen-bond donors (Lipinski definition) is 0. The first-order valence-electron chi connectivity index (χ1n) is 4.04. The van der Waals surface area contributed by atoms with Gasteiger partial charge >= 0.3 is 0 Å². The third kappa shape index (κ3) is 2.54. The molecule has 0 bridgehead atoms. The summed E-state index contributed by atoms with van der Waals surface area (Å²) in [6, 6.07) is 0.0744. The molecule has 0 amide bonds. The van der Waals surface area contributed by atoms with E-state index in [2.05, 4.69) is 14.8 Å². The monoisotopic (exact) mass is 235 g/mol. The first-order chi connectivity index (χ1) is 7.57. The summed E-state index contributed by atoms with van der Waals surface area (Å²) in [5.41, 5.74) is 7.90. The van der Waals surface area contributed by atoms with Crippen LogP contribution in [0.1, 0.15) is 0 Å². The predicted octanol–water partition coefficient (Wildman–Crippen LogP) is 2.93. The Bertz CT molecular complexity index is 419. The minimum Gasteiger partial charge on any atom is -0.487 e. The molecule has 16 heavy (non-hydrogen) atoms. The van der Waals surface area contributed by atoms with E-state index in [0.29, 0.717) is 0 Å². The molecule has 0 atom stereocenters. The summed E-state index contributed by atoms with van der Waals surface area (Å²) in [7, 11) is 0. The topological polar surface area (TPSA) is 58.0 Å². The van der Waals surface area contributed by atoms with E-state index >= 15 is 0 Å². The van der Waals surface area contributed by atoms with E-state index in [4.69, 9.17) is 5.53 Å². The molecule has 0 aliphatic heterocycles. The highest BCUT2D eigenvalue weighted by Gasteiger charge is 2.20. The molecule has 0 saturated heterocycles. The molecule has 86 valence electrons. The molecule has 8 heteroatoms. The van der Waals surface area contributed by atoms with Gasteiger partial charge in [-0.3, -0.25) is 0 Å². The highest BCUT2D eigenvalue weighted by molar-refractivity contribution is 5.28. The van der Waals surface area contributed by atoms with Crippen LogP contribution in [-0.2, 0) is 0 Å². The second-order valence-electron chi connectivity index (χ2n) is 2.60. The summed E-state index contributed by atoms with van der Waals surface area (Å²) >= 11 is 0. The first kappa shape index (κ1) is 12.1. The Kier molecular flexibility index (Phi) is 3.96. The average Bonchev–Trinajstić information content (AvgIpc) is 2.25. The normalized spacial score (nSPS) is 9.75. The number of benzene rings is 1. The van der Waals surface area contributed by atoms with Crippen molar-refractivity contribution in [3.8, 4) is 5.75 Å². The minimum absolute atomic E-state index is 0.0744. The van der Waals surface area contributed by atoms with Crippen LogP contribution in [0.2, 0.25) is 0 Å². The van der Waals surface area contributed by atoms with E-state index in [1.807, 2.05) is 0 Å². The molecule has 0 saturated carbocycles. The van der Waals surface area contributed by atoms with Crippen LogP contribution < -0.4 is 4.74 Å². The lowest BCUT2D eigenvalue weighted by molar-refractivity contribution is 0.279. The molecule has 0 spiro atoms. The third-order valence-electron chi connectivity index (χ3n) is 1.57. The van der Waals surface area contributed by atoms with Crippen molar-refractivity contribution in [3.63, 3.8) is 0 Å². The molecule has 1 aromatic carbocycles. The maximum atomic E-state index is 12.9. The second-order valence-corrected chi connectivity index (χ2v) is 2.60. The number of halogens is 4. The Balaban J connectivity index is 2.89. The number of nitrogens with zero attached hydrogens (tertiary/aromatic N) is 3. The summed E-state index contributed by atoms with van der Waals surface area (Å²) in [6.07, 6.45) is 0. The maximum Gasteiger partial charge on any atom is 0.203 e. The molecule has 0 fully saturated rings. The smallest absolute Gasteiger partial charge is 0.203 e. The minimum atomic E-state index is -1.63. The molecule has 0 heterocycles. The van der Waals surface area contributed by atoms with E-state index < -0.39 is 29.0 Å². The quantitative estimate of drug-likeness (QED) is 0.198. The van der Waals surface area contributed by atoms with Gasteiger partial charge in [0.2, 0.25) is 11.6 Å². The zero-order valence-electron chi connectivity index (χ0n) is 7.75. The fourth-order valence-electron chi connectivity index (χ4n) is 0.911. The van der Waals surface area contributed by atoms with Crippen molar-refractivity contribution in [3.05, 3.63) is 39.8 Å². The lowest BCUT2D eigenvalue weighted by Gasteiger charge is -2.07. The van der Waals surface area contributed by atoms with Gasteiger partial charge in [0.1, 0.15) is 0 Å². The highest BCUT2D eigenvalue weighted by Crippen LogP contribution is 2.26. The molecule has 0 N–H and O–H groups in total. The molecular weight excluding hydrogens is 230 g/mol. The van der Waals surface area contributed by atoms with Crippen molar-refractivity contribution in [2.45, 2.75) is 0 Å². The summed E-state index contributed by atoms with van der Waals surface area (Å²) < 4.78 is 55.6. The van der Waals surface area contributed by atoms with Gasteiger partial charge in [-0.2, -0.15) is 8.78 Å². The predicted molar refractivity (Wildman–Crippen MR) is 45.8 cm³/mol. The van der Waals surface area contributed by atoms with Crippen molar-refractivity contribution < 1.29 is 22.3 Å². The van der Waals surface area contributed by atoms with Gasteiger partial charge in [0.05, 0.1) is 13.2 Å². The van der Waals surface area contributed by atoms with E-state index in [-0.39, 0.29) is 19.2 Å². The van der Waals surface area contributed by atoms with Crippen molar-refractivity contribution in [1.29, 1.82) is 0 Å². The van der Waals surface area contributed by atoms with Gasteiger partial charge in [0.25, 0.3) is 0 Å². The fraction of sp³-hybridized carbons (Fsp3) is 0.250. The van der Waals surface area contributed by atoms with Crippen molar-refractivity contribution in [2.75, 3.05) is 13.2 Å². The van der Waals surface area contributed by atoms with E-state index in [9.17, 15) is 17.6 Å².